The normalized spacial score (nSPS) is 8.75. The molecule has 0 atom stereocenters. The Morgan fingerprint density at radius 3 is 2.58 bits per heavy atom. The van der Waals surface area contributed by atoms with E-state index in [4.69, 9.17) is 0 Å². The van der Waals surface area contributed by atoms with Crippen LogP contribution in [0.25, 0.3) is 0 Å². The van der Waals surface area contributed by atoms with E-state index in [0.717, 1.165) is 12.2 Å². The molecule has 0 aliphatic carbocycles. The molecule has 0 saturated carbocycles. The fourth-order valence-electron chi connectivity index (χ4n) is 0.812. The number of hydrogen-bond donors (Lipinski definition) is 0. The monoisotopic (exact) mass is 176 g/mol. The maximum absolute atomic E-state index is 3.10. The molecule has 0 bridgehead atoms. The van der Waals surface area contributed by atoms with Crippen LogP contribution in [-0.4, -0.2) is 5.75 Å². The van der Waals surface area contributed by atoms with E-state index >= 15 is 0 Å². The minimum atomic E-state index is 0.901. The van der Waals surface area contributed by atoms with Crippen LogP contribution in [0.5, 0.6) is 0 Å². The molecule has 0 amide bonds. The van der Waals surface area contributed by atoms with Gasteiger partial charge >= 0.3 is 0 Å². The van der Waals surface area contributed by atoms with E-state index in [2.05, 4.69) is 43.0 Å². The predicted octanol–water partition coefficient (Wildman–Crippen LogP) is 3.19. The van der Waals surface area contributed by atoms with Gasteiger partial charge in [-0.15, -0.1) is 17.7 Å². The summed E-state index contributed by atoms with van der Waals surface area (Å²) in [7, 11) is 0. The van der Waals surface area contributed by atoms with Crippen molar-refractivity contribution in [1.29, 1.82) is 0 Å². The minimum Gasteiger partial charge on any atom is -0.113 e. The van der Waals surface area contributed by atoms with Crippen molar-refractivity contribution in [1.82, 2.24) is 0 Å². The zero-order chi connectivity index (χ0) is 8.65. The first-order chi connectivity index (χ1) is 5.93. The Balaban J connectivity index is 2.34. The fraction of sp³-hybridized carbons (Fsp3) is 0.273. The number of benzene rings is 1. The van der Waals surface area contributed by atoms with Crippen LogP contribution in [0.3, 0.4) is 0 Å². The summed E-state index contributed by atoms with van der Waals surface area (Å²) < 4.78 is 0. The van der Waals surface area contributed by atoms with Gasteiger partial charge < -0.3 is 0 Å². The Morgan fingerprint density at radius 2 is 1.92 bits per heavy atom. The molecule has 0 N–H and O–H groups in total. The Hall–Kier alpha value is -0.870. The van der Waals surface area contributed by atoms with E-state index in [1.807, 2.05) is 6.07 Å². The lowest BCUT2D eigenvalue weighted by Gasteiger charge is -1.93. The quantitative estimate of drug-likeness (QED) is 0.492. The van der Waals surface area contributed by atoms with Gasteiger partial charge in [-0.3, -0.25) is 0 Å². The highest BCUT2D eigenvalue weighted by Gasteiger charge is 1.87. The van der Waals surface area contributed by atoms with Gasteiger partial charge in [-0.2, -0.15) is 0 Å². The molecule has 62 valence electrons. The van der Waals surface area contributed by atoms with Gasteiger partial charge in [-0.25, -0.2) is 0 Å². The number of hydrogen-bond acceptors (Lipinski definition) is 1. The molecule has 0 aliphatic rings. The molecule has 1 heteroatoms. The molecule has 1 aromatic carbocycles. The zero-order valence-electron chi connectivity index (χ0n) is 7.21. The summed E-state index contributed by atoms with van der Waals surface area (Å²) in [5, 5.41) is 0. The van der Waals surface area contributed by atoms with Crippen molar-refractivity contribution in [2.24, 2.45) is 0 Å². The molecule has 1 rings (SSSR count). The lowest BCUT2D eigenvalue weighted by atomic mass is 10.4. The molecule has 12 heavy (non-hydrogen) atoms. The number of thioether (sulfide) groups is 1. The van der Waals surface area contributed by atoms with E-state index in [1.54, 1.807) is 11.8 Å². The minimum absolute atomic E-state index is 0.901. The average molecular weight is 176 g/mol. The topological polar surface area (TPSA) is 0 Å². The largest absolute Gasteiger partial charge is 0.113 e. The number of rotatable bonds is 2. The van der Waals surface area contributed by atoms with Crippen molar-refractivity contribution in [2.75, 3.05) is 5.75 Å². The third-order valence-electron chi connectivity index (χ3n) is 1.36. The second-order valence-electron chi connectivity index (χ2n) is 2.31. The molecule has 0 aliphatic heterocycles. The highest BCUT2D eigenvalue weighted by atomic mass is 32.2. The third-order valence-corrected chi connectivity index (χ3v) is 2.25. The van der Waals surface area contributed by atoms with Crippen molar-refractivity contribution in [3.8, 4) is 11.8 Å². The first kappa shape index (κ1) is 9.22. The molecule has 0 heterocycles. The first-order valence-electron chi connectivity index (χ1n) is 4.07. The standard InChI is InChI=1S/C11H12S/c1-2-3-7-10-12-11-8-5-4-6-9-11/h4-6,8-9H,2,10H2,1H3. The van der Waals surface area contributed by atoms with Gasteiger partial charge in [0.25, 0.3) is 0 Å². The SMILES string of the molecule is CCC#CCSc1ccccc1. The second kappa shape index (κ2) is 5.74. The van der Waals surface area contributed by atoms with E-state index in [9.17, 15) is 0 Å². The van der Waals surface area contributed by atoms with Gasteiger partial charge in [-0.05, 0) is 12.1 Å². The molecule has 0 nitrogen and oxygen atoms in total. The van der Waals surface area contributed by atoms with E-state index in [1.165, 1.54) is 4.90 Å². The Morgan fingerprint density at radius 1 is 1.17 bits per heavy atom. The van der Waals surface area contributed by atoms with Gasteiger partial charge in [0, 0.05) is 11.3 Å². The smallest absolute Gasteiger partial charge is 0.0594 e. The summed E-state index contributed by atoms with van der Waals surface area (Å²) in [6.07, 6.45) is 0.954. The molecule has 0 fully saturated rings. The Kier molecular flexibility index (Phi) is 4.41. The van der Waals surface area contributed by atoms with Gasteiger partial charge in [0.05, 0.1) is 5.75 Å². The van der Waals surface area contributed by atoms with E-state index < -0.39 is 0 Å². The maximum atomic E-state index is 3.10. The molecule has 0 saturated heterocycles. The summed E-state index contributed by atoms with van der Waals surface area (Å²) in [6.45, 7) is 2.07. The van der Waals surface area contributed by atoms with Crippen LogP contribution < -0.4 is 0 Å². The summed E-state index contributed by atoms with van der Waals surface area (Å²) in [5.41, 5.74) is 0. The van der Waals surface area contributed by atoms with Gasteiger partial charge in [0.15, 0.2) is 0 Å². The predicted molar refractivity (Wildman–Crippen MR) is 55.2 cm³/mol. The highest BCUT2D eigenvalue weighted by molar-refractivity contribution is 7.99. The van der Waals surface area contributed by atoms with E-state index in [0.29, 0.717) is 0 Å². The first-order valence-corrected chi connectivity index (χ1v) is 5.05. The lowest BCUT2D eigenvalue weighted by molar-refractivity contribution is 1.28. The van der Waals surface area contributed by atoms with Crippen LogP contribution in [0.2, 0.25) is 0 Å². The molecule has 0 radical (unpaired) electrons. The Bertz CT molecular complexity index is 266. The summed E-state index contributed by atoms with van der Waals surface area (Å²) in [5.74, 6) is 7.04. The second-order valence-corrected chi connectivity index (χ2v) is 3.36. The van der Waals surface area contributed by atoms with Crippen molar-refractivity contribution in [2.45, 2.75) is 18.2 Å². The lowest BCUT2D eigenvalue weighted by Crippen LogP contribution is -1.72. The van der Waals surface area contributed by atoms with Gasteiger partial charge in [-0.1, -0.05) is 31.0 Å². The third kappa shape index (κ3) is 3.50. The van der Waals surface area contributed by atoms with Crippen molar-refractivity contribution >= 4 is 11.8 Å². The van der Waals surface area contributed by atoms with Crippen LogP contribution in [0.1, 0.15) is 13.3 Å². The highest BCUT2D eigenvalue weighted by Crippen LogP contribution is 2.15. The molecule has 0 aromatic heterocycles. The molecule has 0 unspecified atom stereocenters. The van der Waals surface area contributed by atoms with Gasteiger partial charge in [0.2, 0.25) is 0 Å². The van der Waals surface area contributed by atoms with Crippen LogP contribution in [0, 0.1) is 11.8 Å². The van der Waals surface area contributed by atoms with Crippen molar-refractivity contribution < 1.29 is 0 Å². The van der Waals surface area contributed by atoms with Crippen LogP contribution in [0.15, 0.2) is 35.2 Å². The zero-order valence-corrected chi connectivity index (χ0v) is 8.03. The summed E-state index contributed by atoms with van der Waals surface area (Å²) in [6, 6.07) is 10.4. The molecular formula is C11H12S. The molecule has 0 spiro atoms. The Labute approximate surface area is 78.4 Å². The van der Waals surface area contributed by atoms with Crippen molar-refractivity contribution in [3.63, 3.8) is 0 Å². The summed E-state index contributed by atoms with van der Waals surface area (Å²) in [4.78, 5) is 1.29. The fourth-order valence-corrected chi connectivity index (χ4v) is 1.50. The van der Waals surface area contributed by atoms with Gasteiger partial charge in [0.1, 0.15) is 0 Å². The van der Waals surface area contributed by atoms with Crippen molar-refractivity contribution in [3.05, 3.63) is 30.3 Å². The average Bonchev–Trinajstić information content (AvgIpc) is 2.14. The maximum Gasteiger partial charge on any atom is 0.0594 e. The van der Waals surface area contributed by atoms with E-state index in [-0.39, 0.29) is 0 Å². The molecular weight excluding hydrogens is 164 g/mol. The van der Waals surface area contributed by atoms with Crippen LogP contribution >= 0.6 is 11.8 Å². The molecule has 1 aromatic rings. The summed E-state index contributed by atoms with van der Waals surface area (Å²) >= 11 is 1.79. The van der Waals surface area contributed by atoms with Crippen LogP contribution in [0.4, 0.5) is 0 Å². The van der Waals surface area contributed by atoms with Crippen LogP contribution in [-0.2, 0) is 0 Å².